The van der Waals surface area contributed by atoms with Crippen LogP contribution in [0.1, 0.15) is 37.7 Å². The van der Waals surface area contributed by atoms with Crippen molar-refractivity contribution in [2.75, 3.05) is 13.7 Å². The summed E-state index contributed by atoms with van der Waals surface area (Å²) in [5, 5.41) is 4.18. The van der Waals surface area contributed by atoms with Gasteiger partial charge in [-0.25, -0.2) is 4.98 Å². The van der Waals surface area contributed by atoms with Gasteiger partial charge in [0, 0.05) is 29.5 Å². The number of hydrogen-bond donors (Lipinski definition) is 1. The molecule has 0 saturated carbocycles. The van der Waals surface area contributed by atoms with E-state index in [-0.39, 0.29) is 6.04 Å². The van der Waals surface area contributed by atoms with E-state index in [1.54, 1.807) is 7.11 Å². The number of benzene rings is 1. The molecule has 1 aromatic heterocycles. The lowest BCUT2D eigenvalue weighted by Crippen LogP contribution is -2.26. The summed E-state index contributed by atoms with van der Waals surface area (Å²) in [6, 6.07) is 5.64. The van der Waals surface area contributed by atoms with Gasteiger partial charge < -0.3 is 14.6 Å². The Labute approximate surface area is 131 Å². The standard InChI is InChI=1S/C16H22ClN3O/c1-4-9-20-10-8-19-16(20)15(18-5-2)13-11-12(17)6-7-14(13)21-3/h6-8,10-11,15,18H,4-5,9H2,1-3H3. The molecule has 0 aliphatic carbocycles. The summed E-state index contributed by atoms with van der Waals surface area (Å²) < 4.78 is 7.66. The molecule has 1 unspecified atom stereocenters. The number of aromatic nitrogens is 2. The van der Waals surface area contributed by atoms with Gasteiger partial charge in [0.1, 0.15) is 11.6 Å². The Hall–Kier alpha value is -1.52. The van der Waals surface area contributed by atoms with E-state index in [2.05, 4.69) is 28.7 Å². The predicted molar refractivity (Wildman–Crippen MR) is 86.0 cm³/mol. The van der Waals surface area contributed by atoms with E-state index in [4.69, 9.17) is 16.3 Å². The molecule has 1 aromatic carbocycles. The minimum atomic E-state index is -0.0369. The van der Waals surface area contributed by atoms with Gasteiger partial charge in [-0.05, 0) is 31.2 Å². The monoisotopic (exact) mass is 307 g/mol. The van der Waals surface area contributed by atoms with Crippen molar-refractivity contribution in [1.82, 2.24) is 14.9 Å². The number of hydrogen-bond acceptors (Lipinski definition) is 3. The molecule has 4 nitrogen and oxygen atoms in total. The van der Waals surface area contributed by atoms with E-state index in [0.29, 0.717) is 5.02 Å². The molecule has 114 valence electrons. The molecule has 1 N–H and O–H groups in total. The fraction of sp³-hybridized carbons (Fsp3) is 0.438. The summed E-state index contributed by atoms with van der Waals surface area (Å²) in [4.78, 5) is 4.54. The zero-order valence-corrected chi connectivity index (χ0v) is 13.5. The Balaban J connectivity index is 2.47. The molecule has 0 fully saturated rings. The molecule has 5 heteroatoms. The van der Waals surface area contributed by atoms with Crippen molar-refractivity contribution in [3.05, 3.63) is 47.0 Å². The second kappa shape index (κ2) is 7.48. The SMILES string of the molecule is CCCn1ccnc1C(NCC)c1cc(Cl)ccc1OC. The molecule has 0 aliphatic rings. The molecule has 1 heterocycles. The predicted octanol–water partition coefficient (Wildman–Crippen LogP) is 3.65. The first kappa shape index (κ1) is 15.9. The number of halogens is 1. The zero-order chi connectivity index (χ0) is 15.2. The summed E-state index contributed by atoms with van der Waals surface area (Å²) in [6.07, 6.45) is 4.92. The molecule has 0 amide bonds. The first-order chi connectivity index (χ1) is 10.2. The van der Waals surface area contributed by atoms with Crippen LogP contribution >= 0.6 is 11.6 Å². The maximum atomic E-state index is 6.17. The largest absolute Gasteiger partial charge is 0.496 e. The Morgan fingerprint density at radius 1 is 1.38 bits per heavy atom. The first-order valence-corrected chi connectivity index (χ1v) is 7.66. The van der Waals surface area contributed by atoms with Crippen molar-refractivity contribution in [1.29, 1.82) is 0 Å². The number of methoxy groups -OCH3 is 1. The van der Waals surface area contributed by atoms with E-state index in [0.717, 1.165) is 36.6 Å². The van der Waals surface area contributed by atoms with Gasteiger partial charge in [0.05, 0.1) is 13.2 Å². The van der Waals surface area contributed by atoms with Gasteiger partial charge in [-0.15, -0.1) is 0 Å². The smallest absolute Gasteiger partial charge is 0.130 e. The van der Waals surface area contributed by atoms with Gasteiger partial charge in [0.2, 0.25) is 0 Å². The van der Waals surface area contributed by atoms with Gasteiger partial charge in [-0.2, -0.15) is 0 Å². The topological polar surface area (TPSA) is 39.1 Å². The molecule has 0 spiro atoms. The highest BCUT2D eigenvalue weighted by Gasteiger charge is 2.22. The van der Waals surface area contributed by atoms with Crippen molar-refractivity contribution >= 4 is 11.6 Å². The summed E-state index contributed by atoms with van der Waals surface area (Å²) in [7, 11) is 1.67. The third-order valence-electron chi connectivity index (χ3n) is 3.38. The van der Waals surface area contributed by atoms with E-state index >= 15 is 0 Å². The van der Waals surface area contributed by atoms with Crippen molar-refractivity contribution in [2.45, 2.75) is 32.9 Å². The highest BCUT2D eigenvalue weighted by Crippen LogP contribution is 2.31. The second-order valence-corrected chi connectivity index (χ2v) is 5.29. The fourth-order valence-corrected chi connectivity index (χ4v) is 2.67. The molecule has 0 radical (unpaired) electrons. The number of rotatable bonds is 7. The molecule has 21 heavy (non-hydrogen) atoms. The molecular weight excluding hydrogens is 286 g/mol. The maximum Gasteiger partial charge on any atom is 0.130 e. The van der Waals surface area contributed by atoms with Crippen LogP contribution in [-0.4, -0.2) is 23.2 Å². The summed E-state index contributed by atoms with van der Waals surface area (Å²) in [6.45, 7) is 6.02. The third-order valence-corrected chi connectivity index (χ3v) is 3.62. The highest BCUT2D eigenvalue weighted by atomic mass is 35.5. The van der Waals surface area contributed by atoms with Crippen molar-refractivity contribution < 1.29 is 4.74 Å². The van der Waals surface area contributed by atoms with Crippen LogP contribution in [0.2, 0.25) is 5.02 Å². The average Bonchev–Trinajstić information content (AvgIpc) is 2.93. The van der Waals surface area contributed by atoms with E-state index in [1.807, 2.05) is 30.6 Å². The van der Waals surface area contributed by atoms with Gasteiger partial charge in [-0.1, -0.05) is 25.4 Å². The molecular formula is C16H22ClN3O. The van der Waals surface area contributed by atoms with E-state index in [1.165, 1.54) is 0 Å². The van der Waals surface area contributed by atoms with Crippen molar-refractivity contribution in [3.63, 3.8) is 0 Å². The summed E-state index contributed by atoms with van der Waals surface area (Å²) in [5.74, 6) is 1.80. The van der Waals surface area contributed by atoms with Crippen LogP contribution in [0.25, 0.3) is 0 Å². The van der Waals surface area contributed by atoms with Crippen LogP contribution in [-0.2, 0) is 6.54 Å². The van der Waals surface area contributed by atoms with Crippen LogP contribution in [0, 0.1) is 0 Å². The maximum absolute atomic E-state index is 6.17. The molecule has 1 atom stereocenters. The van der Waals surface area contributed by atoms with Gasteiger partial charge in [0.15, 0.2) is 0 Å². The van der Waals surface area contributed by atoms with Gasteiger partial charge >= 0.3 is 0 Å². The molecule has 0 saturated heterocycles. The number of imidazole rings is 1. The van der Waals surface area contributed by atoms with Gasteiger partial charge in [-0.3, -0.25) is 0 Å². The van der Waals surface area contributed by atoms with Crippen LogP contribution < -0.4 is 10.1 Å². The first-order valence-electron chi connectivity index (χ1n) is 7.29. The van der Waals surface area contributed by atoms with Crippen LogP contribution in [0.4, 0.5) is 0 Å². The zero-order valence-electron chi connectivity index (χ0n) is 12.8. The van der Waals surface area contributed by atoms with Crippen molar-refractivity contribution in [3.8, 4) is 5.75 Å². The van der Waals surface area contributed by atoms with Crippen LogP contribution in [0.3, 0.4) is 0 Å². The Kier molecular flexibility index (Phi) is 5.65. The average molecular weight is 308 g/mol. The fourth-order valence-electron chi connectivity index (χ4n) is 2.49. The Morgan fingerprint density at radius 3 is 2.86 bits per heavy atom. The normalized spacial score (nSPS) is 12.4. The quantitative estimate of drug-likeness (QED) is 0.848. The summed E-state index contributed by atoms with van der Waals surface area (Å²) in [5.41, 5.74) is 1.01. The lowest BCUT2D eigenvalue weighted by Gasteiger charge is -2.21. The Morgan fingerprint density at radius 2 is 2.19 bits per heavy atom. The highest BCUT2D eigenvalue weighted by molar-refractivity contribution is 6.30. The number of nitrogens with one attached hydrogen (secondary N) is 1. The minimum Gasteiger partial charge on any atom is -0.496 e. The third kappa shape index (κ3) is 3.57. The number of nitrogens with zero attached hydrogens (tertiary/aromatic N) is 2. The number of aryl methyl sites for hydroxylation is 1. The lowest BCUT2D eigenvalue weighted by atomic mass is 10.0. The van der Waals surface area contributed by atoms with Crippen molar-refractivity contribution in [2.24, 2.45) is 0 Å². The molecule has 2 rings (SSSR count). The van der Waals surface area contributed by atoms with Gasteiger partial charge in [0.25, 0.3) is 0 Å². The number of ether oxygens (including phenoxy) is 1. The minimum absolute atomic E-state index is 0.0369. The van der Waals surface area contributed by atoms with E-state index < -0.39 is 0 Å². The van der Waals surface area contributed by atoms with Crippen LogP contribution in [0.5, 0.6) is 5.75 Å². The molecule has 2 aromatic rings. The Bertz CT molecular complexity index is 583. The van der Waals surface area contributed by atoms with Crippen LogP contribution in [0.15, 0.2) is 30.6 Å². The lowest BCUT2D eigenvalue weighted by molar-refractivity contribution is 0.401. The molecule has 0 aliphatic heterocycles. The second-order valence-electron chi connectivity index (χ2n) is 4.86. The molecule has 0 bridgehead atoms. The van der Waals surface area contributed by atoms with E-state index in [9.17, 15) is 0 Å². The summed E-state index contributed by atoms with van der Waals surface area (Å²) >= 11 is 6.17.